The maximum Gasteiger partial charge on any atom is 0.329 e. The second-order valence-corrected chi connectivity index (χ2v) is 5.67. The molecule has 2 N–H and O–H groups in total. The molecule has 1 atom stereocenters. The van der Waals surface area contributed by atoms with E-state index in [0.717, 1.165) is 12.8 Å². The van der Waals surface area contributed by atoms with E-state index in [2.05, 4.69) is 5.32 Å². The number of amides is 2. The first-order chi connectivity index (χ1) is 8.54. The van der Waals surface area contributed by atoms with Gasteiger partial charge in [-0.1, -0.05) is 6.42 Å². The summed E-state index contributed by atoms with van der Waals surface area (Å²) in [6, 6.07) is -0.216. The van der Waals surface area contributed by atoms with Crippen LogP contribution in [0.25, 0.3) is 0 Å². The minimum Gasteiger partial charge on any atom is -0.480 e. The minimum atomic E-state index is -1.04. The van der Waals surface area contributed by atoms with Crippen LogP contribution in [0.5, 0.6) is 0 Å². The zero-order valence-electron chi connectivity index (χ0n) is 10.9. The maximum absolute atomic E-state index is 12.1. The van der Waals surface area contributed by atoms with Gasteiger partial charge in [0.15, 0.2) is 0 Å². The highest BCUT2D eigenvalue weighted by Gasteiger charge is 2.44. The first-order valence-corrected chi connectivity index (χ1v) is 6.83. The van der Waals surface area contributed by atoms with Crippen molar-refractivity contribution >= 4 is 12.0 Å². The molecule has 2 rings (SSSR count). The number of rotatable bonds is 3. The van der Waals surface area contributed by atoms with Gasteiger partial charge in [-0.25, -0.2) is 9.59 Å². The van der Waals surface area contributed by atoms with E-state index in [0.29, 0.717) is 25.4 Å². The number of carbonyl (C=O) groups is 2. The molecule has 2 amide bonds. The normalized spacial score (nSPS) is 28.6. The van der Waals surface area contributed by atoms with E-state index in [1.54, 1.807) is 6.92 Å². The van der Waals surface area contributed by atoms with Crippen molar-refractivity contribution in [2.45, 2.75) is 51.0 Å². The van der Waals surface area contributed by atoms with E-state index in [4.69, 9.17) is 0 Å². The Bertz CT molecular complexity index is 341. The Morgan fingerprint density at radius 3 is 2.61 bits per heavy atom. The third-order valence-corrected chi connectivity index (χ3v) is 4.36. The van der Waals surface area contributed by atoms with Crippen LogP contribution >= 0.6 is 0 Å². The van der Waals surface area contributed by atoms with E-state index >= 15 is 0 Å². The van der Waals surface area contributed by atoms with E-state index in [-0.39, 0.29) is 6.03 Å². The third-order valence-electron chi connectivity index (χ3n) is 4.36. The number of likely N-dealkylation sites (tertiary alicyclic amines) is 1. The van der Waals surface area contributed by atoms with Gasteiger partial charge in [0.25, 0.3) is 0 Å². The fourth-order valence-electron chi connectivity index (χ4n) is 2.69. The van der Waals surface area contributed by atoms with Gasteiger partial charge in [-0.3, -0.25) is 0 Å². The fourth-order valence-corrected chi connectivity index (χ4v) is 2.69. The zero-order chi connectivity index (χ0) is 13.2. The molecule has 102 valence electrons. The molecule has 1 heterocycles. The van der Waals surface area contributed by atoms with Gasteiger partial charge in [0, 0.05) is 13.1 Å². The summed E-state index contributed by atoms with van der Waals surface area (Å²) < 4.78 is 0. The third kappa shape index (κ3) is 2.44. The van der Waals surface area contributed by atoms with Crippen LogP contribution in [0.4, 0.5) is 4.79 Å². The van der Waals surface area contributed by atoms with E-state index in [1.165, 1.54) is 24.2 Å². The van der Waals surface area contributed by atoms with Gasteiger partial charge < -0.3 is 15.3 Å². The molecule has 1 aliphatic carbocycles. The number of carbonyl (C=O) groups excluding carboxylic acids is 1. The van der Waals surface area contributed by atoms with E-state index < -0.39 is 11.5 Å². The van der Waals surface area contributed by atoms with Crippen molar-refractivity contribution in [1.82, 2.24) is 10.2 Å². The fraction of sp³-hybridized carbons (Fsp3) is 0.846. The first-order valence-electron chi connectivity index (χ1n) is 6.83. The van der Waals surface area contributed by atoms with Crippen LogP contribution in [0.2, 0.25) is 0 Å². The molecule has 0 radical (unpaired) electrons. The highest BCUT2D eigenvalue weighted by molar-refractivity contribution is 5.86. The van der Waals surface area contributed by atoms with Crippen LogP contribution in [0, 0.1) is 5.92 Å². The summed E-state index contributed by atoms with van der Waals surface area (Å²) in [5.74, 6) is -0.309. The molecule has 1 unspecified atom stereocenters. The van der Waals surface area contributed by atoms with Crippen molar-refractivity contribution in [1.29, 1.82) is 0 Å². The zero-order valence-corrected chi connectivity index (χ0v) is 10.9. The summed E-state index contributed by atoms with van der Waals surface area (Å²) in [5, 5.41) is 12.2. The molecule has 0 spiro atoms. The lowest BCUT2D eigenvalue weighted by molar-refractivity contribution is -0.150. The molecule has 2 fully saturated rings. The number of carboxylic acids is 1. The van der Waals surface area contributed by atoms with Gasteiger partial charge in [-0.15, -0.1) is 0 Å². The van der Waals surface area contributed by atoms with E-state index in [9.17, 15) is 14.7 Å². The number of hydrogen-bond donors (Lipinski definition) is 2. The molecule has 5 nitrogen and oxygen atoms in total. The number of carboxylic acid groups (broad SMARTS) is 1. The topological polar surface area (TPSA) is 69.6 Å². The highest BCUT2D eigenvalue weighted by Crippen LogP contribution is 2.29. The molecular formula is C13H22N2O3. The Morgan fingerprint density at radius 1 is 1.33 bits per heavy atom. The van der Waals surface area contributed by atoms with Crippen LogP contribution in [0.1, 0.15) is 45.4 Å². The number of aliphatic carboxylic acids is 1. The predicted molar refractivity (Wildman–Crippen MR) is 67.3 cm³/mol. The molecule has 5 heteroatoms. The number of nitrogens with one attached hydrogen (secondary N) is 1. The van der Waals surface area contributed by atoms with Gasteiger partial charge in [-0.05, 0) is 44.9 Å². The molecular weight excluding hydrogens is 232 g/mol. The second-order valence-electron chi connectivity index (χ2n) is 5.67. The summed E-state index contributed by atoms with van der Waals surface area (Å²) in [7, 11) is 0. The SMILES string of the molecule is CC1(C(=O)O)CCCCN1C(=O)NCC1CCC1. The molecule has 0 bridgehead atoms. The Kier molecular flexibility index (Phi) is 3.78. The minimum absolute atomic E-state index is 0.216. The van der Waals surface area contributed by atoms with Crippen LogP contribution in [0.3, 0.4) is 0 Å². The summed E-state index contributed by atoms with van der Waals surface area (Å²) in [6.45, 7) is 2.88. The Labute approximate surface area is 108 Å². The molecule has 1 saturated heterocycles. The highest BCUT2D eigenvalue weighted by atomic mass is 16.4. The lowest BCUT2D eigenvalue weighted by Crippen LogP contribution is -2.60. The van der Waals surface area contributed by atoms with Crippen LogP contribution < -0.4 is 5.32 Å². The Morgan fingerprint density at radius 2 is 2.06 bits per heavy atom. The molecule has 0 aromatic heterocycles. The lowest BCUT2D eigenvalue weighted by Gasteiger charge is -2.41. The van der Waals surface area contributed by atoms with E-state index in [1.807, 2.05) is 0 Å². The molecule has 0 aromatic carbocycles. The molecule has 18 heavy (non-hydrogen) atoms. The summed E-state index contributed by atoms with van der Waals surface area (Å²) >= 11 is 0. The summed E-state index contributed by atoms with van der Waals surface area (Å²) in [6.07, 6.45) is 5.90. The van der Waals surface area contributed by atoms with Gasteiger partial charge >= 0.3 is 12.0 Å². The summed E-state index contributed by atoms with van der Waals surface area (Å²) in [5.41, 5.74) is -1.04. The van der Waals surface area contributed by atoms with Crippen molar-refractivity contribution in [2.75, 3.05) is 13.1 Å². The van der Waals surface area contributed by atoms with Crippen molar-refractivity contribution in [2.24, 2.45) is 5.92 Å². The largest absolute Gasteiger partial charge is 0.480 e. The van der Waals surface area contributed by atoms with Crippen LogP contribution in [-0.2, 0) is 4.79 Å². The standard InChI is InChI=1S/C13H22N2O3/c1-13(11(16)17)7-2-3-8-15(13)12(18)14-9-10-5-4-6-10/h10H,2-9H2,1H3,(H,14,18)(H,16,17). The van der Waals surface area contributed by atoms with Crippen molar-refractivity contribution in [3.63, 3.8) is 0 Å². The van der Waals surface area contributed by atoms with Crippen LogP contribution in [-0.4, -0.2) is 40.6 Å². The predicted octanol–water partition coefficient (Wildman–Crippen LogP) is 1.83. The number of nitrogens with zero attached hydrogens (tertiary/aromatic N) is 1. The van der Waals surface area contributed by atoms with Gasteiger partial charge in [0.05, 0.1) is 0 Å². The van der Waals surface area contributed by atoms with Gasteiger partial charge in [-0.2, -0.15) is 0 Å². The average Bonchev–Trinajstić information content (AvgIpc) is 2.27. The molecule has 1 saturated carbocycles. The number of urea groups is 1. The van der Waals surface area contributed by atoms with Crippen molar-refractivity contribution in [3.8, 4) is 0 Å². The first kappa shape index (κ1) is 13.2. The quantitative estimate of drug-likeness (QED) is 0.807. The number of piperidine rings is 1. The summed E-state index contributed by atoms with van der Waals surface area (Å²) in [4.78, 5) is 25.0. The molecule has 2 aliphatic rings. The molecule has 1 aliphatic heterocycles. The van der Waals surface area contributed by atoms with Crippen molar-refractivity contribution in [3.05, 3.63) is 0 Å². The Balaban J connectivity index is 1.94. The Hall–Kier alpha value is -1.26. The lowest BCUT2D eigenvalue weighted by atomic mass is 9.85. The molecule has 0 aromatic rings. The van der Waals surface area contributed by atoms with Crippen LogP contribution in [0.15, 0.2) is 0 Å². The monoisotopic (exact) mass is 254 g/mol. The average molecular weight is 254 g/mol. The second kappa shape index (κ2) is 5.16. The van der Waals surface area contributed by atoms with Gasteiger partial charge in [0.1, 0.15) is 5.54 Å². The number of hydrogen-bond acceptors (Lipinski definition) is 2. The van der Waals surface area contributed by atoms with Crippen molar-refractivity contribution < 1.29 is 14.7 Å². The van der Waals surface area contributed by atoms with Gasteiger partial charge in [0.2, 0.25) is 0 Å². The maximum atomic E-state index is 12.1. The smallest absolute Gasteiger partial charge is 0.329 e.